The van der Waals surface area contributed by atoms with Crippen molar-refractivity contribution in [2.75, 3.05) is 11.9 Å². The third kappa shape index (κ3) is 6.41. The van der Waals surface area contributed by atoms with Gasteiger partial charge in [0.2, 0.25) is 0 Å². The average Bonchev–Trinajstić information content (AvgIpc) is 3.08. The van der Waals surface area contributed by atoms with E-state index in [9.17, 15) is 14.4 Å². The van der Waals surface area contributed by atoms with Crippen LogP contribution < -0.4 is 10.1 Å². The highest BCUT2D eigenvalue weighted by Gasteiger charge is 2.34. The van der Waals surface area contributed by atoms with E-state index in [0.717, 1.165) is 38.6 Å². The number of hydrogen-bond acceptors (Lipinski definition) is 5. The molecule has 0 bridgehead atoms. The second-order valence-corrected chi connectivity index (χ2v) is 10.0. The number of hydrogen-bond donors (Lipinski definition) is 1. The molecule has 0 aliphatic carbocycles. The van der Waals surface area contributed by atoms with Gasteiger partial charge in [-0.3, -0.25) is 19.3 Å². The highest BCUT2D eigenvalue weighted by atomic mass is 79.9. The van der Waals surface area contributed by atoms with Crippen LogP contribution in [0.5, 0.6) is 5.75 Å². The van der Waals surface area contributed by atoms with Crippen LogP contribution >= 0.6 is 27.7 Å². The molecular formula is C27H23BrN2O4S. The second-order valence-electron chi connectivity index (χ2n) is 8.12. The number of nitrogens with zero attached hydrogens (tertiary/aromatic N) is 1. The highest BCUT2D eigenvalue weighted by molar-refractivity contribution is 9.10. The van der Waals surface area contributed by atoms with Gasteiger partial charge in [0.25, 0.3) is 17.1 Å². The lowest BCUT2D eigenvalue weighted by Gasteiger charge is -2.12. The quantitative estimate of drug-likeness (QED) is 0.348. The zero-order chi connectivity index (χ0) is 24.9. The zero-order valence-corrected chi connectivity index (χ0v) is 21.6. The van der Waals surface area contributed by atoms with Gasteiger partial charge in [-0.05, 0) is 78.7 Å². The Bertz CT molecular complexity index is 1320. The average molecular weight is 551 g/mol. The zero-order valence-electron chi connectivity index (χ0n) is 19.2. The Hall–Kier alpha value is -3.36. The van der Waals surface area contributed by atoms with Gasteiger partial charge in [-0.25, -0.2) is 0 Å². The van der Waals surface area contributed by atoms with Crippen LogP contribution in [0.3, 0.4) is 0 Å². The maximum atomic E-state index is 12.8. The number of benzene rings is 3. The van der Waals surface area contributed by atoms with Gasteiger partial charge in [-0.2, -0.15) is 0 Å². The Kier molecular flexibility index (Phi) is 7.73. The predicted octanol–water partition coefficient (Wildman–Crippen LogP) is 6.32. The highest BCUT2D eigenvalue weighted by Crippen LogP contribution is 2.33. The molecule has 35 heavy (non-hydrogen) atoms. The summed E-state index contributed by atoms with van der Waals surface area (Å²) in [6, 6.07) is 20.3. The van der Waals surface area contributed by atoms with Crippen LogP contribution in [0.25, 0.3) is 6.08 Å². The predicted molar refractivity (Wildman–Crippen MR) is 142 cm³/mol. The fourth-order valence-electron chi connectivity index (χ4n) is 3.54. The van der Waals surface area contributed by atoms with Crippen LogP contribution in [-0.2, 0) is 16.1 Å². The first kappa shape index (κ1) is 24.8. The van der Waals surface area contributed by atoms with Gasteiger partial charge in [-0.15, -0.1) is 0 Å². The molecule has 4 rings (SSSR count). The Morgan fingerprint density at radius 2 is 1.83 bits per heavy atom. The normalized spacial score (nSPS) is 14.5. The smallest absolute Gasteiger partial charge is 0.293 e. The lowest BCUT2D eigenvalue weighted by Crippen LogP contribution is -2.27. The number of carbonyl (C=O) groups is 3. The Balaban J connectivity index is 1.38. The summed E-state index contributed by atoms with van der Waals surface area (Å²) in [4.78, 5) is 39.2. The molecule has 8 heteroatoms. The number of amides is 3. The molecule has 1 aliphatic rings. The Labute approximate surface area is 216 Å². The van der Waals surface area contributed by atoms with Gasteiger partial charge >= 0.3 is 0 Å². The van der Waals surface area contributed by atoms with E-state index in [-0.39, 0.29) is 30.2 Å². The van der Waals surface area contributed by atoms with Gasteiger partial charge < -0.3 is 10.1 Å². The molecule has 1 N–H and O–H groups in total. The minimum absolute atomic E-state index is 0.152. The van der Waals surface area contributed by atoms with Crippen molar-refractivity contribution in [3.05, 3.63) is 98.4 Å². The van der Waals surface area contributed by atoms with E-state index in [1.165, 1.54) is 4.90 Å². The summed E-state index contributed by atoms with van der Waals surface area (Å²) in [5.41, 5.74) is 4.42. The van der Waals surface area contributed by atoms with Crippen molar-refractivity contribution >= 4 is 56.5 Å². The van der Waals surface area contributed by atoms with E-state index in [0.29, 0.717) is 16.2 Å². The SMILES string of the molecule is Cc1ccc(NC(=O)COc2cccc(/C=C3\SC(=O)N(Cc4ccc(Br)cc4)C3=O)c2)c(C)c1. The minimum Gasteiger partial charge on any atom is -0.484 e. The molecule has 0 atom stereocenters. The van der Waals surface area contributed by atoms with Crippen molar-refractivity contribution in [3.8, 4) is 5.75 Å². The van der Waals surface area contributed by atoms with E-state index in [2.05, 4.69) is 21.2 Å². The number of nitrogens with one attached hydrogen (secondary N) is 1. The third-order valence-electron chi connectivity index (χ3n) is 5.31. The summed E-state index contributed by atoms with van der Waals surface area (Å²) in [6.07, 6.45) is 1.66. The molecule has 6 nitrogen and oxygen atoms in total. The fourth-order valence-corrected chi connectivity index (χ4v) is 4.65. The van der Waals surface area contributed by atoms with E-state index >= 15 is 0 Å². The summed E-state index contributed by atoms with van der Waals surface area (Å²) in [5, 5.41) is 2.54. The van der Waals surface area contributed by atoms with Crippen molar-refractivity contribution in [1.29, 1.82) is 0 Å². The maximum Gasteiger partial charge on any atom is 0.293 e. The van der Waals surface area contributed by atoms with Crippen molar-refractivity contribution < 1.29 is 19.1 Å². The monoisotopic (exact) mass is 550 g/mol. The lowest BCUT2D eigenvalue weighted by atomic mass is 10.1. The molecule has 1 aliphatic heterocycles. The van der Waals surface area contributed by atoms with Crippen LogP contribution in [-0.4, -0.2) is 28.6 Å². The van der Waals surface area contributed by atoms with E-state index in [4.69, 9.17) is 4.74 Å². The van der Waals surface area contributed by atoms with Crippen LogP contribution in [0.2, 0.25) is 0 Å². The van der Waals surface area contributed by atoms with Crippen LogP contribution in [0.4, 0.5) is 10.5 Å². The largest absolute Gasteiger partial charge is 0.484 e. The Morgan fingerprint density at radius 1 is 1.06 bits per heavy atom. The van der Waals surface area contributed by atoms with Crippen molar-refractivity contribution in [2.24, 2.45) is 0 Å². The number of thioether (sulfide) groups is 1. The van der Waals surface area contributed by atoms with Crippen LogP contribution in [0, 0.1) is 13.8 Å². The molecule has 0 radical (unpaired) electrons. The summed E-state index contributed by atoms with van der Waals surface area (Å²) in [6.45, 7) is 4.00. The molecule has 0 aromatic heterocycles. The summed E-state index contributed by atoms with van der Waals surface area (Å²) < 4.78 is 6.58. The number of ether oxygens (including phenoxy) is 1. The molecule has 1 saturated heterocycles. The van der Waals surface area contributed by atoms with Crippen LogP contribution in [0.1, 0.15) is 22.3 Å². The molecule has 0 unspecified atom stereocenters. The number of rotatable bonds is 7. The molecule has 178 valence electrons. The van der Waals surface area contributed by atoms with Gasteiger partial charge in [0.15, 0.2) is 6.61 Å². The molecule has 3 aromatic rings. The first-order valence-electron chi connectivity index (χ1n) is 10.9. The molecule has 0 saturated carbocycles. The summed E-state index contributed by atoms with van der Waals surface area (Å²) >= 11 is 4.29. The minimum atomic E-state index is -0.331. The number of aryl methyl sites for hydroxylation is 2. The molecule has 3 amide bonds. The number of anilines is 1. The molecular weight excluding hydrogens is 528 g/mol. The van der Waals surface area contributed by atoms with Gasteiger partial charge in [0.05, 0.1) is 11.4 Å². The van der Waals surface area contributed by atoms with Crippen molar-refractivity contribution in [1.82, 2.24) is 4.90 Å². The molecule has 1 heterocycles. The first-order chi connectivity index (χ1) is 16.8. The third-order valence-corrected chi connectivity index (χ3v) is 6.75. The maximum absolute atomic E-state index is 12.8. The number of imide groups is 1. The summed E-state index contributed by atoms with van der Waals surface area (Å²) in [5.74, 6) is -0.109. The summed E-state index contributed by atoms with van der Waals surface area (Å²) in [7, 11) is 0. The van der Waals surface area contributed by atoms with Gasteiger partial charge in [0, 0.05) is 10.2 Å². The Morgan fingerprint density at radius 3 is 2.57 bits per heavy atom. The fraction of sp³-hybridized carbons (Fsp3) is 0.148. The van der Waals surface area contributed by atoms with E-state index in [1.807, 2.05) is 62.4 Å². The van der Waals surface area contributed by atoms with Crippen molar-refractivity contribution in [2.45, 2.75) is 20.4 Å². The first-order valence-corrected chi connectivity index (χ1v) is 12.5. The van der Waals surface area contributed by atoms with E-state index < -0.39 is 0 Å². The van der Waals surface area contributed by atoms with Crippen LogP contribution in [0.15, 0.2) is 76.1 Å². The van der Waals surface area contributed by atoms with E-state index in [1.54, 1.807) is 24.3 Å². The standard InChI is InChI=1S/C27H23BrN2O4S/c1-17-6-11-23(18(2)12-17)29-25(31)16-34-22-5-3-4-20(13-22)14-24-26(32)30(27(33)35-24)15-19-7-9-21(28)10-8-19/h3-14H,15-16H2,1-2H3,(H,29,31)/b24-14-. The topological polar surface area (TPSA) is 75.7 Å². The molecule has 0 spiro atoms. The molecule has 3 aromatic carbocycles. The molecule has 1 fully saturated rings. The van der Waals surface area contributed by atoms with Gasteiger partial charge in [0.1, 0.15) is 5.75 Å². The van der Waals surface area contributed by atoms with Crippen molar-refractivity contribution in [3.63, 3.8) is 0 Å². The number of carbonyl (C=O) groups excluding carboxylic acids is 3. The second kappa shape index (κ2) is 10.9. The van der Waals surface area contributed by atoms with Gasteiger partial charge in [-0.1, -0.05) is 57.9 Å². The number of halogens is 1. The lowest BCUT2D eigenvalue weighted by molar-refractivity contribution is -0.123.